The van der Waals surface area contributed by atoms with Crippen LogP contribution in [0.15, 0.2) is 42.5 Å². The maximum Gasteiger partial charge on any atom is 0.320 e. The Hall–Kier alpha value is -2.40. The fourth-order valence-electron chi connectivity index (χ4n) is 2.33. The molecule has 5 heteroatoms. The summed E-state index contributed by atoms with van der Waals surface area (Å²) in [6.45, 7) is 0. The molecule has 0 saturated heterocycles. The van der Waals surface area contributed by atoms with E-state index >= 15 is 0 Å². The predicted molar refractivity (Wildman–Crippen MR) is 79.0 cm³/mol. The van der Waals surface area contributed by atoms with Crippen LogP contribution in [-0.4, -0.2) is 28.2 Å². The van der Waals surface area contributed by atoms with Crippen molar-refractivity contribution in [2.24, 2.45) is 11.7 Å². The standard InChI is InChI=1S/C16H17NO4/c17-14(16(20)21)9-13(15(18)19)8-10-5-6-11-3-1-2-4-12(11)7-10/h1-7,13-14H,8-9,17H2,(H,18,19)(H,20,21)/t13-,14-/m1/s1. The van der Waals surface area contributed by atoms with Gasteiger partial charge in [-0.25, -0.2) is 0 Å². The van der Waals surface area contributed by atoms with Crippen molar-refractivity contribution >= 4 is 22.7 Å². The third-order valence-corrected chi connectivity index (χ3v) is 3.50. The SMILES string of the molecule is N[C@H](C[C@@H](Cc1ccc2ccccc2c1)C(=O)O)C(=O)O. The van der Waals surface area contributed by atoms with E-state index in [1.165, 1.54) is 0 Å². The second-order valence-electron chi connectivity index (χ2n) is 5.10. The van der Waals surface area contributed by atoms with Gasteiger partial charge >= 0.3 is 11.9 Å². The third-order valence-electron chi connectivity index (χ3n) is 3.50. The minimum atomic E-state index is -1.18. The van der Waals surface area contributed by atoms with Gasteiger partial charge in [0.2, 0.25) is 0 Å². The van der Waals surface area contributed by atoms with Crippen LogP contribution in [0.4, 0.5) is 0 Å². The Bertz CT molecular complexity index is 668. The third kappa shape index (κ3) is 3.79. The quantitative estimate of drug-likeness (QED) is 0.753. The highest BCUT2D eigenvalue weighted by molar-refractivity contribution is 5.83. The van der Waals surface area contributed by atoms with E-state index in [2.05, 4.69) is 0 Å². The highest BCUT2D eigenvalue weighted by Gasteiger charge is 2.24. The van der Waals surface area contributed by atoms with Crippen LogP contribution in [0.5, 0.6) is 0 Å². The summed E-state index contributed by atoms with van der Waals surface area (Å²) >= 11 is 0. The molecule has 0 aromatic heterocycles. The first-order chi connectivity index (χ1) is 9.97. The monoisotopic (exact) mass is 287 g/mol. The number of hydrogen-bond acceptors (Lipinski definition) is 3. The zero-order valence-electron chi connectivity index (χ0n) is 11.4. The number of benzene rings is 2. The van der Waals surface area contributed by atoms with E-state index in [1.54, 1.807) is 0 Å². The summed E-state index contributed by atoms with van der Waals surface area (Å²) in [4.78, 5) is 22.0. The van der Waals surface area contributed by atoms with E-state index in [1.807, 2.05) is 42.5 Å². The number of rotatable bonds is 6. The predicted octanol–water partition coefficient (Wildman–Crippen LogP) is 1.89. The molecule has 0 aliphatic carbocycles. The van der Waals surface area contributed by atoms with Gasteiger partial charge in [0.05, 0.1) is 5.92 Å². The van der Waals surface area contributed by atoms with Crippen LogP contribution < -0.4 is 5.73 Å². The first kappa shape index (κ1) is 15.0. The molecule has 2 atom stereocenters. The van der Waals surface area contributed by atoms with Crippen molar-refractivity contribution in [1.29, 1.82) is 0 Å². The number of carboxylic acids is 2. The van der Waals surface area contributed by atoms with Crippen molar-refractivity contribution in [3.05, 3.63) is 48.0 Å². The van der Waals surface area contributed by atoms with Gasteiger partial charge in [0.1, 0.15) is 6.04 Å². The highest BCUT2D eigenvalue weighted by Crippen LogP contribution is 2.20. The minimum Gasteiger partial charge on any atom is -0.481 e. The normalized spacial score (nSPS) is 13.8. The summed E-state index contributed by atoms with van der Waals surface area (Å²) in [7, 11) is 0. The van der Waals surface area contributed by atoms with E-state index in [-0.39, 0.29) is 12.8 Å². The van der Waals surface area contributed by atoms with Crippen molar-refractivity contribution in [3.63, 3.8) is 0 Å². The maximum absolute atomic E-state index is 11.3. The first-order valence-electron chi connectivity index (χ1n) is 6.66. The maximum atomic E-state index is 11.3. The summed E-state index contributed by atoms with van der Waals surface area (Å²) in [5, 5.41) is 20.1. The van der Waals surface area contributed by atoms with E-state index in [9.17, 15) is 14.7 Å². The Kier molecular flexibility index (Phi) is 4.55. The Morgan fingerprint density at radius 2 is 1.67 bits per heavy atom. The number of carbonyl (C=O) groups is 2. The van der Waals surface area contributed by atoms with Gasteiger partial charge in [0.25, 0.3) is 0 Å². The molecular weight excluding hydrogens is 270 g/mol. The zero-order chi connectivity index (χ0) is 15.4. The van der Waals surface area contributed by atoms with Crippen molar-refractivity contribution in [2.75, 3.05) is 0 Å². The molecule has 0 saturated carbocycles. The summed E-state index contributed by atoms with van der Waals surface area (Å²) in [5.74, 6) is -3.02. The van der Waals surface area contributed by atoms with Crippen LogP contribution in [0.1, 0.15) is 12.0 Å². The Labute approximate surface area is 122 Å². The smallest absolute Gasteiger partial charge is 0.320 e. The van der Waals surface area contributed by atoms with Crippen LogP contribution in [-0.2, 0) is 16.0 Å². The van der Waals surface area contributed by atoms with Gasteiger partial charge in [-0.1, -0.05) is 42.5 Å². The van der Waals surface area contributed by atoms with E-state index < -0.39 is 23.9 Å². The molecule has 2 aromatic rings. The molecule has 0 amide bonds. The van der Waals surface area contributed by atoms with Crippen molar-refractivity contribution in [2.45, 2.75) is 18.9 Å². The molecule has 0 unspecified atom stereocenters. The molecule has 2 rings (SSSR count). The molecular formula is C16H17NO4. The lowest BCUT2D eigenvalue weighted by Gasteiger charge is -2.15. The van der Waals surface area contributed by atoms with Gasteiger partial charge in [-0.3, -0.25) is 9.59 Å². The lowest BCUT2D eigenvalue weighted by Crippen LogP contribution is -2.35. The van der Waals surface area contributed by atoms with Crippen LogP contribution >= 0.6 is 0 Å². The molecule has 4 N–H and O–H groups in total. The molecule has 0 aliphatic rings. The number of nitrogens with two attached hydrogens (primary N) is 1. The Balaban J connectivity index is 2.18. The second kappa shape index (κ2) is 6.37. The van der Waals surface area contributed by atoms with Gasteiger partial charge in [-0.2, -0.15) is 0 Å². The molecule has 0 heterocycles. The van der Waals surface area contributed by atoms with Crippen LogP contribution in [0.3, 0.4) is 0 Å². The molecule has 21 heavy (non-hydrogen) atoms. The molecule has 2 aromatic carbocycles. The summed E-state index contributed by atoms with van der Waals surface area (Å²) in [6, 6.07) is 12.4. The van der Waals surface area contributed by atoms with Gasteiger partial charge in [0, 0.05) is 0 Å². The van der Waals surface area contributed by atoms with Crippen LogP contribution in [0.2, 0.25) is 0 Å². The number of hydrogen-bond donors (Lipinski definition) is 3. The van der Waals surface area contributed by atoms with Crippen molar-refractivity contribution in [3.8, 4) is 0 Å². The minimum absolute atomic E-state index is 0.0858. The molecule has 0 fully saturated rings. The van der Waals surface area contributed by atoms with Gasteiger partial charge in [-0.15, -0.1) is 0 Å². The van der Waals surface area contributed by atoms with Crippen LogP contribution in [0.25, 0.3) is 10.8 Å². The average molecular weight is 287 g/mol. The zero-order valence-corrected chi connectivity index (χ0v) is 11.4. The fraction of sp³-hybridized carbons (Fsp3) is 0.250. The summed E-state index contributed by atoms with van der Waals surface area (Å²) < 4.78 is 0. The lowest BCUT2D eigenvalue weighted by atomic mass is 9.92. The topological polar surface area (TPSA) is 101 Å². The lowest BCUT2D eigenvalue weighted by molar-refractivity contribution is -0.143. The number of aliphatic carboxylic acids is 2. The van der Waals surface area contributed by atoms with Crippen molar-refractivity contribution in [1.82, 2.24) is 0 Å². The van der Waals surface area contributed by atoms with Crippen LogP contribution in [0, 0.1) is 5.92 Å². The van der Waals surface area contributed by atoms with E-state index in [0.717, 1.165) is 16.3 Å². The molecule has 110 valence electrons. The van der Waals surface area contributed by atoms with Gasteiger partial charge < -0.3 is 15.9 Å². The van der Waals surface area contributed by atoms with Crippen molar-refractivity contribution < 1.29 is 19.8 Å². The summed E-state index contributed by atoms with van der Waals surface area (Å²) in [6.07, 6.45) is 0.179. The Morgan fingerprint density at radius 1 is 1.00 bits per heavy atom. The van der Waals surface area contributed by atoms with Gasteiger partial charge in [-0.05, 0) is 29.2 Å². The van der Waals surface area contributed by atoms with Gasteiger partial charge in [0.15, 0.2) is 0 Å². The first-order valence-corrected chi connectivity index (χ1v) is 6.66. The highest BCUT2D eigenvalue weighted by atomic mass is 16.4. The average Bonchev–Trinajstić information content (AvgIpc) is 2.46. The molecule has 0 radical (unpaired) electrons. The molecule has 0 aliphatic heterocycles. The fourth-order valence-corrected chi connectivity index (χ4v) is 2.33. The number of fused-ring (bicyclic) bond motifs is 1. The largest absolute Gasteiger partial charge is 0.481 e. The molecule has 0 bridgehead atoms. The van der Waals surface area contributed by atoms with E-state index in [0.29, 0.717) is 0 Å². The number of carboxylic acid groups (broad SMARTS) is 2. The second-order valence-corrected chi connectivity index (χ2v) is 5.10. The molecule has 0 spiro atoms. The molecule has 5 nitrogen and oxygen atoms in total. The Morgan fingerprint density at radius 3 is 2.29 bits per heavy atom. The van der Waals surface area contributed by atoms with E-state index in [4.69, 9.17) is 10.8 Å². The summed E-state index contributed by atoms with van der Waals surface area (Å²) in [5.41, 5.74) is 6.30.